The van der Waals surface area contributed by atoms with Gasteiger partial charge in [-0.3, -0.25) is 0 Å². The Labute approximate surface area is 117 Å². The highest BCUT2D eigenvalue weighted by atomic mass is 16.4. The fraction of sp³-hybridized carbons (Fsp3) is 0.267. The van der Waals surface area contributed by atoms with Crippen LogP contribution in [0.3, 0.4) is 0 Å². The van der Waals surface area contributed by atoms with Crippen molar-refractivity contribution < 1.29 is 9.90 Å². The van der Waals surface area contributed by atoms with Gasteiger partial charge in [-0.05, 0) is 25.5 Å². The van der Waals surface area contributed by atoms with E-state index < -0.39 is 12.0 Å². The van der Waals surface area contributed by atoms with Crippen LogP contribution in [0.4, 0.5) is 5.95 Å². The molecule has 5 nitrogen and oxygen atoms in total. The van der Waals surface area contributed by atoms with Crippen molar-refractivity contribution in [3.8, 4) is 0 Å². The number of aliphatic carboxylic acids is 1. The molecule has 0 amide bonds. The van der Waals surface area contributed by atoms with Gasteiger partial charge in [-0.15, -0.1) is 0 Å². The standard InChI is InChI=1S/C15H17N3O2/c1-10-8-11(2)17-15(16-10)18-13(14(19)20)9-12-6-4-3-5-7-12/h3-8,13H,9H2,1-2H3,(H,19,20)(H,16,17,18)/t13-/m1/s1. The number of carbonyl (C=O) groups is 1. The lowest BCUT2D eigenvalue weighted by Gasteiger charge is -2.15. The molecule has 1 aromatic carbocycles. The largest absolute Gasteiger partial charge is 0.480 e. The fourth-order valence-corrected chi connectivity index (χ4v) is 2.00. The molecule has 2 N–H and O–H groups in total. The molecule has 0 fully saturated rings. The number of nitrogens with one attached hydrogen (secondary N) is 1. The van der Waals surface area contributed by atoms with Gasteiger partial charge in [0.15, 0.2) is 0 Å². The zero-order valence-electron chi connectivity index (χ0n) is 11.5. The average Bonchev–Trinajstić information content (AvgIpc) is 2.38. The van der Waals surface area contributed by atoms with Crippen molar-refractivity contribution in [1.82, 2.24) is 9.97 Å². The third-order valence-electron chi connectivity index (χ3n) is 2.87. The number of benzene rings is 1. The molecule has 0 aliphatic rings. The van der Waals surface area contributed by atoms with E-state index in [0.29, 0.717) is 12.4 Å². The molecule has 5 heteroatoms. The normalized spacial score (nSPS) is 11.9. The molecule has 0 unspecified atom stereocenters. The third-order valence-corrected chi connectivity index (χ3v) is 2.87. The monoisotopic (exact) mass is 271 g/mol. The highest BCUT2D eigenvalue weighted by molar-refractivity contribution is 5.77. The maximum absolute atomic E-state index is 11.4. The molecule has 1 aromatic heterocycles. The minimum absolute atomic E-state index is 0.353. The van der Waals surface area contributed by atoms with Gasteiger partial charge >= 0.3 is 5.97 Å². The first kappa shape index (κ1) is 14.0. The minimum atomic E-state index is -0.920. The van der Waals surface area contributed by atoms with Gasteiger partial charge in [0.25, 0.3) is 0 Å². The fourth-order valence-electron chi connectivity index (χ4n) is 2.00. The van der Waals surface area contributed by atoms with Crippen LogP contribution < -0.4 is 5.32 Å². The lowest BCUT2D eigenvalue weighted by Crippen LogP contribution is -2.32. The van der Waals surface area contributed by atoms with E-state index in [1.165, 1.54) is 0 Å². The summed E-state index contributed by atoms with van der Waals surface area (Å²) in [5.41, 5.74) is 2.57. The van der Waals surface area contributed by atoms with E-state index in [-0.39, 0.29) is 0 Å². The van der Waals surface area contributed by atoms with E-state index in [4.69, 9.17) is 0 Å². The summed E-state index contributed by atoms with van der Waals surface area (Å²) < 4.78 is 0. The summed E-state index contributed by atoms with van der Waals surface area (Å²) in [7, 11) is 0. The Morgan fingerprint density at radius 2 is 1.80 bits per heavy atom. The van der Waals surface area contributed by atoms with Crippen LogP contribution in [-0.4, -0.2) is 27.1 Å². The highest BCUT2D eigenvalue weighted by Gasteiger charge is 2.19. The van der Waals surface area contributed by atoms with Crippen LogP contribution in [-0.2, 0) is 11.2 Å². The summed E-state index contributed by atoms with van der Waals surface area (Å²) in [6.45, 7) is 3.71. The maximum Gasteiger partial charge on any atom is 0.326 e. The van der Waals surface area contributed by atoms with Crippen LogP contribution in [0.25, 0.3) is 0 Å². The molecule has 1 atom stereocenters. The van der Waals surface area contributed by atoms with Crippen molar-refractivity contribution in [2.75, 3.05) is 5.32 Å². The molecule has 104 valence electrons. The quantitative estimate of drug-likeness (QED) is 0.872. The molecular weight excluding hydrogens is 254 g/mol. The Hall–Kier alpha value is -2.43. The van der Waals surface area contributed by atoms with Crippen LogP contribution in [0.1, 0.15) is 17.0 Å². The van der Waals surface area contributed by atoms with Gasteiger partial charge in [-0.25, -0.2) is 14.8 Å². The molecule has 1 heterocycles. The zero-order valence-corrected chi connectivity index (χ0v) is 11.5. The average molecular weight is 271 g/mol. The topological polar surface area (TPSA) is 75.1 Å². The van der Waals surface area contributed by atoms with E-state index >= 15 is 0 Å². The van der Waals surface area contributed by atoms with Gasteiger partial charge in [0.1, 0.15) is 6.04 Å². The second-order valence-electron chi connectivity index (χ2n) is 4.70. The third kappa shape index (κ3) is 3.78. The molecule has 20 heavy (non-hydrogen) atoms. The number of hydrogen-bond acceptors (Lipinski definition) is 4. The molecule has 0 bridgehead atoms. The Kier molecular flexibility index (Phi) is 4.30. The summed E-state index contributed by atoms with van der Waals surface area (Å²) in [4.78, 5) is 19.8. The van der Waals surface area contributed by atoms with Crippen LogP contribution in [0.15, 0.2) is 36.4 Å². The number of hydrogen-bond donors (Lipinski definition) is 2. The van der Waals surface area contributed by atoms with Gasteiger partial charge in [0, 0.05) is 17.8 Å². The van der Waals surface area contributed by atoms with E-state index in [9.17, 15) is 9.90 Å². The Bertz CT molecular complexity index is 579. The lowest BCUT2D eigenvalue weighted by molar-refractivity contribution is -0.137. The first-order valence-electron chi connectivity index (χ1n) is 6.40. The number of anilines is 1. The SMILES string of the molecule is Cc1cc(C)nc(N[C@H](Cc2ccccc2)C(=O)O)n1. The van der Waals surface area contributed by atoms with Crippen molar-refractivity contribution in [3.63, 3.8) is 0 Å². The van der Waals surface area contributed by atoms with E-state index in [2.05, 4.69) is 15.3 Å². The van der Waals surface area contributed by atoms with Gasteiger partial charge < -0.3 is 10.4 Å². The summed E-state index contributed by atoms with van der Waals surface area (Å²) in [5.74, 6) is -0.567. The number of nitrogens with zero attached hydrogens (tertiary/aromatic N) is 2. The number of aryl methyl sites for hydroxylation is 2. The summed E-state index contributed by atoms with van der Waals surface area (Å²) >= 11 is 0. The number of carboxylic acids is 1. The Morgan fingerprint density at radius 1 is 1.20 bits per heavy atom. The maximum atomic E-state index is 11.4. The van der Waals surface area contributed by atoms with Crippen molar-refractivity contribution in [2.24, 2.45) is 0 Å². The van der Waals surface area contributed by atoms with Crippen molar-refractivity contribution in [2.45, 2.75) is 26.3 Å². The van der Waals surface area contributed by atoms with Gasteiger partial charge in [-0.2, -0.15) is 0 Å². The molecule has 2 rings (SSSR count). The molecule has 0 radical (unpaired) electrons. The number of rotatable bonds is 5. The molecule has 0 saturated heterocycles. The molecular formula is C15H17N3O2. The van der Waals surface area contributed by atoms with Gasteiger partial charge in [0.2, 0.25) is 5.95 Å². The minimum Gasteiger partial charge on any atom is -0.480 e. The second-order valence-corrected chi connectivity index (χ2v) is 4.70. The highest BCUT2D eigenvalue weighted by Crippen LogP contribution is 2.09. The van der Waals surface area contributed by atoms with Gasteiger partial charge in [0.05, 0.1) is 0 Å². The summed E-state index contributed by atoms with van der Waals surface area (Å²) in [6, 6.07) is 10.6. The smallest absolute Gasteiger partial charge is 0.326 e. The lowest BCUT2D eigenvalue weighted by atomic mass is 10.1. The van der Waals surface area contributed by atoms with Crippen molar-refractivity contribution >= 4 is 11.9 Å². The molecule has 0 aliphatic carbocycles. The summed E-state index contributed by atoms with van der Waals surface area (Å²) in [6.07, 6.45) is 0.381. The predicted molar refractivity (Wildman–Crippen MR) is 76.7 cm³/mol. The molecule has 0 aliphatic heterocycles. The number of aromatic nitrogens is 2. The Morgan fingerprint density at radius 3 is 2.35 bits per heavy atom. The molecule has 0 saturated carbocycles. The van der Waals surface area contributed by atoms with Crippen molar-refractivity contribution in [1.29, 1.82) is 0 Å². The first-order chi connectivity index (χ1) is 9.54. The Balaban J connectivity index is 2.15. The van der Waals surface area contributed by atoms with E-state index in [1.807, 2.05) is 50.2 Å². The molecule has 2 aromatic rings. The predicted octanol–water partition coefficient (Wildman–Crippen LogP) is 2.20. The van der Waals surface area contributed by atoms with Crippen LogP contribution in [0.2, 0.25) is 0 Å². The van der Waals surface area contributed by atoms with Crippen molar-refractivity contribution in [3.05, 3.63) is 53.3 Å². The zero-order chi connectivity index (χ0) is 14.5. The number of carboxylic acid groups (broad SMARTS) is 1. The summed E-state index contributed by atoms with van der Waals surface area (Å²) in [5, 5.41) is 12.2. The van der Waals surface area contributed by atoms with Crippen LogP contribution in [0, 0.1) is 13.8 Å². The van der Waals surface area contributed by atoms with Crippen LogP contribution in [0.5, 0.6) is 0 Å². The molecule has 0 spiro atoms. The van der Waals surface area contributed by atoms with E-state index in [1.54, 1.807) is 0 Å². The second kappa shape index (κ2) is 6.14. The van der Waals surface area contributed by atoms with Crippen LogP contribution >= 0.6 is 0 Å². The van der Waals surface area contributed by atoms with E-state index in [0.717, 1.165) is 17.0 Å². The van der Waals surface area contributed by atoms with Gasteiger partial charge in [-0.1, -0.05) is 30.3 Å². The first-order valence-corrected chi connectivity index (χ1v) is 6.40.